The average molecular weight is 569 g/mol. The summed E-state index contributed by atoms with van der Waals surface area (Å²) in [7, 11) is -3.77. The molecule has 1 amide bonds. The molecule has 0 bridgehead atoms. The standard InChI is InChI=1S/C25H28N8O4S2/c1-16(29-22-20-7-3-6-19(21(20)27-15-28-22)18-5-4-8-26-13-18)14-32-9-11-33(12-10-32)39(36,37)23-17(2)30-24(38-23)31-25(34)35/h3-8,13,15-16H,9-12,14H2,1-2H3,(H,30,31)(H,34,35)(H,27,28,29)/t16-/m0/s1. The number of nitrogens with zero attached hydrogens (tertiary/aromatic N) is 6. The van der Waals surface area contributed by atoms with E-state index in [-0.39, 0.29) is 21.1 Å². The fourth-order valence-corrected chi connectivity index (χ4v) is 7.62. The molecule has 5 rings (SSSR count). The van der Waals surface area contributed by atoms with E-state index in [9.17, 15) is 13.2 Å². The minimum atomic E-state index is -3.77. The SMILES string of the molecule is Cc1nc(NC(=O)O)sc1S(=O)(=O)N1CCN(C[C@H](C)Nc2ncnc3c(-c4cccnc4)cccc23)CC1. The Labute approximate surface area is 229 Å². The van der Waals surface area contributed by atoms with Gasteiger partial charge >= 0.3 is 6.09 Å². The number of thiazole rings is 1. The van der Waals surface area contributed by atoms with Gasteiger partial charge in [0.25, 0.3) is 10.0 Å². The summed E-state index contributed by atoms with van der Waals surface area (Å²) in [5, 5.41) is 15.5. The van der Waals surface area contributed by atoms with Gasteiger partial charge in [0.15, 0.2) is 9.34 Å². The number of para-hydroxylation sites is 1. The molecule has 1 saturated heterocycles. The summed E-state index contributed by atoms with van der Waals surface area (Å²) in [6.45, 7) is 6.14. The number of rotatable bonds is 8. The second kappa shape index (κ2) is 11.2. The lowest BCUT2D eigenvalue weighted by atomic mass is 10.0. The van der Waals surface area contributed by atoms with Crippen LogP contribution in [0, 0.1) is 6.92 Å². The molecule has 0 unspecified atom stereocenters. The summed E-state index contributed by atoms with van der Waals surface area (Å²) >= 11 is 0.830. The van der Waals surface area contributed by atoms with Gasteiger partial charge in [-0.1, -0.05) is 29.5 Å². The van der Waals surface area contributed by atoms with E-state index in [1.807, 2.05) is 36.5 Å². The van der Waals surface area contributed by atoms with E-state index in [2.05, 4.69) is 42.4 Å². The van der Waals surface area contributed by atoms with Crippen molar-refractivity contribution in [1.29, 1.82) is 0 Å². The third kappa shape index (κ3) is 5.83. The lowest BCUT2D eigenvalue weighted by Crippen LogP contribution is -2.50. The van der Waals surface area contributed by atoms with Gasteiger partial charge in [-0.25, -0.2) is 28.2 Å². The molecule has 1 aliphatic heterocycles. The molecule has 1 fully saturated rings. The minimum absolute atomic E-state index is 0.0432. The Hall–Kier alpha value is -3.72. The van der Waals surface area contributed by atoms with Crippen LogP contribution in [0.5, 0.6) is 0 Å². The number of aryl methyl sites for hydroxylation is 1. The Balaban J connectivity index is 1.23. The highest BCUT2D eigenvalue weighted by molar-refractivity contribution is 7.91. The number of anilines is 2. The molecular formula is C25H28N8O4S2. The summed E-state index contributed by atoms with van der Waals surface area (Å²) in [6, 6.07) is 9.93. The number of aromatic nitrogens is 4. The van der Waals surface area contributed by atoms with Crippen LogP contribution in [0.1, 0.15) is 12.6 Å². The maximum Gasteiger partial charge on any atom is 0.410 e. The van der Waals surface area contributed by atoms with Gasteiger partial charge < -0.3 is 10.4 Å². The largest absolute Gasteiger partial charge is 0.465 e. The molecule has 4 heterocycles. The fourth-order valence-electron chi connectivity index (χ4n) is 4.66. The highest BCUT2D eigenvalue weighted by Gasteiger charge is 2.32. The monoisotopic (exact) mass is 568 g/mol. The lowest BCUT2D eigenvalue weighted by Gasteiger charge is -2.35. The van der Waals surface area contributed by atoms with Crippen molar-refractivity contribution < 1.29 is 18.3 Å². The van der Waals surface area contributed by atoms with Crippen LogP contribution in [-0.2, 0) is 10.0 Å². The number of pyridine rings is 1. The molecule has 3 N–H and O–H groups in total. The summed E-state index contributed by atoms with van der Waals surface area (Å²) in [5.41, 5.74) is 3.09. The Morgan fingerprint density at radius 3 is 2.67 bits per heavy atom. The molecule has 1 aliphatic rings. The first-order valence-electron chi connectivity index (χ1n) is 12.3. The van der Waals surface area contributed by atoms with Gasteiger partial charge in [-0.3, -0.25) is 15.2 Å². The van der Waals surface area contributed by atoms with Crippen LogP contribution in [0.3, 0.4) is 0 Å². The van der Waals surface area contributed by atoms with E-state index in [0.717, 1.165) is 39.2 Å². The van der Waals surface area contributed by atoms with Crippen molar-refractivity contribution >= 4 is 49.3 Å². The summed E-state index contributed by atoms with van der Waals surface area (Å²) in [6.07, 6.45) is 3.82. The predicted octanol–water partition coefficient (Wildman–Crippen LogP) is 3.35. The average Bonchev–Trinajstić information content (AvgIpc) is 3.29. The van der Waals surface area contributed by atoms with Crippen LogP contribution in [0.2, 0.25) is 0 Å². The number of piperazine rings is 1. The van der Waals surface area contributed by atoms with Crippen molar-refractivity contribution in [2.75, 3.05) is 43.4 Å². The number of hydrogen-bond acceptors (Lipinski definition) is 10. The molecule has 4 aromatic rings. The molecule has 14 heteroatoms. The lowest BCUT2D eigenvalue weighted by molar-refractivity contribution is 0.184. The first kappa shape index (κ1) is 26.9. The quantitative estimate of drug-likeness (QED) is 0.288. The molecule has 0 aliphatic carbocycles. The van der Waals surface area contributed by atoms with Crippen LogP contribution >= 0.6 is 11.3 Å². The molecular weight excluding hydrogens is 540 g/mol. The number of amides is 1. The maximum atomic E-state index is 13.2. The maximum absolute atomic E-state index is 13.2. The molecule has 3 aromatic heterocycles. The molecule has 0 spiro atoms. The molecule has 0 saturated carbocycles. The van der Waals surface area contributed by atoms with Gasteiger partial charge in [-0.05, 0) is 26.0 Å². The zero-order valence-electron chi connectivity index (χ0n) is 21.4. The first-order valence-corrected chi connectivity index (χ1v) is 14.6. The minimum Gasteiger partial charge on any atom is -0.465 e. The predicted molar refractivity (Wildman–Crippen MR) is 150 cm³/mol. The van der Waals surface area contributed by atoms with E-state index >= 15 is 0 Å². The second-order valence-corrected chi connectivity index (χ2v) is 12.4. The third-order valence-corrected chi connectivity index (χ3v) is 9.98. The normalized spacial score (nSPS) is 15.7. The van der Waals surface area contributed by atoms with Crippen LogP contribution < -0.4 is 10.6 Å². The highest BCUT2D eigenvalue weighted by Crippen LogP contribution is 2.31. The Morgan fingerprint density at radius 1 is 1.15 bits per heavy atom. The highest BCUT2D eigenvalue weighted by atomic mass is 32.2. The summed E-state index contributed by atoms with van der Waals surface area (Å²) in [5.74, 6) is 0.742. The topological polar surface area (TPSA) is 154 Å². The van der Waals surface area contributed by atoms with E-state index in [4.69, 9.17) is 5.11 Å². The Morgan fingerprint density at radius 2 is 1.95 bits per heavy atom. The van der Waals surface area contributed by atoms with Gasteiger partial charge in [0.1, 0.15) is 12.1 Å². The van der Waals surface area contributed by atoms with E-state index < -0.39 is 16.1 Å². The summed E-state index contributed by atoms with van der Waals surface area (Å²) < 4.78 is 27.9. The number of benzene rings is 1. The molecule has 39 heavy (non-hydrogen) atoms. The molecule has 0 radical (unpaired) electrons. The van der Waals surface area contributed by atoms with Crippen molar-refractivity contribution in [3.63, 3.8) is 0 Å². The Kier molecular flexibility index (Phi) is 7.70. The number of fused-ring (bicyclic) bond motifs is 1. The first-order chi connectivity index (χ1) is 18.7. The van der Waals surface area contributed by atoms with Crippen LogP contribution in [0.4, 0.5) is 15.7 Å². The number of carboxylic acid groups (broad SMARTS) is 1. The van der Waals surface area contributed by atoms with Crippen LogP contribution in [-0.4, -0.2) is 87.5 Å². The second-order valence-electron chi connectivity index (χ2n) is 9.24. The van der Waals surface area contributed by atoms with Crippen molar-refractivity contribution in [1.82, 2.24) is 29.1 Å². The van der Waals surface area contributed by atoms with E-state index in [1.54, 1.807) is 19.4 Å². The third-order valence-electron chi connectivity index (χ3n) is 6.43. The van der Waals surface area contributed by atoms with Gasteiger partial charge in [-0.15, -0.1) is 0 Å². The number of nitrogens with one attached hydrogen (secondary N) is 2. The van der Waals surface area contributed by atoms with Gasteiger partial charge in [0.05, 0.1) is 11.2 Å². The fraction of sp³-hybridized carbons (Fsp3) is 0.320. The van der Waals surface area contributed by atoms with Gasteiger partial charge in [0.2, 0.25) is 0 Å². The Bertz CT molecular complexity index is 1590. The molecule has 1 atom stereocenters. The summed E-state index contributed by atoms with van der Waals surface area (Å²) in [4.78, 5) is 30.4. The van der Waals surface area contributed by atoms with Crippen LogP contribution in [0.15, 0.2) is 53.3 Å². The van der Waals surface area contributed by atoms with Crippen molar-refractivity contribution in [3.05, 3.63) is 54.7 Å². The zero-order chi connectivity index (χ0) is 27.6. The van der Waals surface area contributed by atoms with Crippen molar-refractivity contribution in [3.8, 4) is 11.1 Å². The molecule has 12 nitrogen and oxygen atoms in total. The number of hydrogen-bond donors (Lipinski definition) is 3. The number of carbonyl (C=O) groups is 1. The smallest absolute Gasteiger partial charge is 0.410 e. The number of sulfonamides is 1. The van der Waals surface area contributed by atoms with Crippen molar-refractivity contribution in [2.24, 2.45) is 0 Å². The van der Waals surface area contributed by atoms with Crippen molar-refractivity contribution in [2.45, 2.75) is 24.1 Å². The molecule has 204 valence electrons. The van der Waals surface area contributed by atoms with Crippen LogP contribution in [0.25, 0.3) is 22.0 Å². The van der Waals surface area contributed by atoms with E-state index in [0.29, 0.717) is 32.7 Å². The molecule has 1 aromatic carbocycles. The van der Waals surface area contributed by atoms with Gasteiger partial charge in [0, 0.05) is 67.7 Å². The van der Waals surface area contributed by atoms with Gasteiger partial charge in [-0.2, -0.15) is 4.31 Å². The zero-order valence-corrected chi connectivity index (χ0v) is 23.0. The van der Waals surface area contributed by atoms with E-state index in [1.165, 1.54) is 4.31 Å².